The highest BCUT2D eigenvalue weighted by Crippen LogP contribution is 2.28. The lowest BCUT2D eigenvalue weighted by Crippen LogP contribution is -2.28. The summed E-state index contributed by atoms with van der Waals surface area (Å²) >= 11 is 0. The molecule has 0 spiro atoms. The summed E-state index contributed by atoms with van der Waals surface area (Å²) in [5, 5.41) is 5.50. The maximum Gasteiger partial charge on any atom is 0.229 e. The van der Waals surface area contributed by atoms with Crippen molar-refractivity contribution >= 4 is 34.8 Å². The SMILES string of the molecule is CCC(=O)Nc1ccc(NC(=O)C2CC(=O)N(c3ccc(C)cc3F)C2)cc1. The first-order valence-corrected chi connectivity index (χ1v) is 9.14. The third-order valence-electron chi connectivity index (χ3n) is 4.65. The van der Waals surface area contributed by atoms with Crippen molar-refractivity contribution in [3.63, 3.8) is 0 Å². The number of carbonyl (C=O) groups is 3. The fraction of sp³-hybridized carbons (Fsp3) is 0.286. The van der Waals surface area contributed by atoms with Gasteiger partial charge in [-0.3, -0.25) is 14.4 Å². The molecule has 2 N–H and O–H groups in total. The van der Waals surface area contributed by atoms with Gasteiger partial charge in [0.05, 0.1) is 11.6 Å². The summed E-state index contributed by atoms with van der Waals surface area (Å²) in [4.78, 5) is 37.5. The van der Waals surface area contributed by atoms with E-state index < -0.39 is 11.7 Å². The second kappa shape index (κ2) is 8.21. The van der Waals surface area contributed by atoms with Crippen molar-refractivity contribution in [1.29, 1.82) is 0 Å². The Morgan fingerprint density at radius 1 is 1.11 bits per heavy atom. The van der Waals surface area contributed by atoms with E-state index in [9.17, 15) is 18.8 Å². The van der Waals surface area contributed by atoms with Gasteiger partial charge < -0.3 is 15.5 Å². The van der Waals surface area contributed by atoms with Crippen LogP contribution in [0.4, 0.5) is 21.5 Å². The van der Waals surface area contributed by atoms with Gasteiger partial charge in [-0.1, -0.05) is 13.0 Å². The van der Waals surface area contributed by atoms with E-state index in [0.29, 0.717) is 17.8 Å². The number of hydrogen-bond acceptors (Lipinski definition) is 3. The molecule has 3 amide bonds. The van der Waals surface area contributed by atoms with Crippen LogP contribution in [-0.2, 0) is 14.4 Å². The van der Waals surface area contributed by atoms with Gasteiger partial charge in [0.15, 0.2) is 0 Å². The highest BCUT2D eigenvalue weighted by Gasteiger charge is 2.36. The average molecular weight is 383 g/mol. The van der Waals surface area contributed by atoms with E-state index in [1.807, 2.05) is 0 Å². The number of hydrogen-bond donors (Lipinski definition) is 2. The Kier molecular flexibility index (Phi) is 5.73. The van der Waals surface area contributed by atoms with Gasteiger partial charge in [-0.05, 0) is 48.9 Å². The predicted molar refractivity (Wildman–Crippen MR) is 106 cm³/mol. The molecule has 1 atom stereocenters. The molecule has 1 saturated heterocycles. The van der Waals surface area contributed by atoms with Crippen LogP contribution < -0.4 is 15.5 Å². The highest BCUT2D eigenvalue weighted by molar-refractivity contribution is 6.03. The zero-order valence-corrected chi connectivity index (χ0v) is 15.8. The van der Waals surface area contributed by atoms with Crippen LogP contribution in [0.3, 0.4) is 0 Å². The van der Waals surface area contributed by atoms with E-state index in [-0.39, 0.29) is 36.4 Å². The molecule has 0 aliphatic carbocycles. The fourth-order valence-electron chi connectivity index (χ4n) is 3.08. The van der Waals surface area contributed by atoms with Crippen molar-refractivity contribution < 1.29 is 18.8 Å². The van der Waals surface area contributed by atoms with E-state index in [4.69, 9.17) is 0 Å². The molecule has 1 aliphatic rings. The number of carbonyl (C=O) groups excluding carboxylic acids is 3. The molecule has 6 nitrogen and oxygen atoms in total. The summed E-state index contributed by atoms with van der Waals surface area (Å²) in [6.45, 7) is 3.67. The van der Waals surface area contributed by atoms with E-state index in [1.165, 1.54) is 11.0 Å². The molecule has 7 heteroatoms. The second-order valence-corrected chi connectivity index (χ2v) is 6.83. The second-order valence-electron chi connectivity index (χ2n) is 6.83. The van der Waals surface area contributed by atoms with E-state index in [0.717, 1.165) is 5.56 Å². The monoisotopic (exact) mass is 383 g/mol. The first kappa shape index (κ1) is 19.5. The Balaban J connectivity index is 1.64. The predicted octanol–water partition coefficient (Wildman–Crippen LogP) is 3.47. The molecule has 1 fully saturated rings. The summed E-state index contributed by atoms with van der Waals surface area (Å²) in [6.07, 6.45) is 0.413. The molecule has 0 radical (unpaired) electrons. The number of anilines is 3. The van der Waals surface area contributed by atoms with Gasteiger partial charge in [0.2, 0.25) is 17.7 Å². The Morgan fingerprint density at radius 3 is 2.36 bits per heavy atom. The molecule has 3 rings (SSSR count). The number of rotatable bonds is 5. The average Bonchev–Trinajstić information content (AvgIpc) is 3.05. The fourth-order valence-corrected chi connectivity index (χ4v) is 3.08. The minimum atomic E-state index is -0.562. The molecule has 146 valence electrons. The van der Waals surface area contributed by atoms with Crippen molar-refractivity contribution in [2.24, 2.45) is 5.92 Å². The number of nitrogens with zero attached hydrogens (tertiary/aromatic N) is 1. The normalized spacial score (nSPS) is 16.2. The maximum absolute atomic E-state index is 14.2. The summed E-state index contributed by atoms with van der Waals surface area (Å²) < 4.78 is 14.2. The molecule has 0 aromatic heterocycles. The van der Waals surface area contributed by atoms with E-state index in [1.54, 1.807) is 50.2 Å². The Hall–Kier alpha value is -3.22. The molecular weight excluding hydrogens is 361 g/mol. The number of halogens is 1. The number of nitrogens with one attached hydrogen (secondary N) is 2. The zero-order chi connectivity index (χ0) is 20.3. The Bertz CT molecular complexity index is 912. The first-order chi connectivity index (χ1) is 13.4. The first-order valence-electron chi connectivity index (χ1n) is 9.14. The van der Waals surface area contributed by atoms with Gasteiger partial charge in [-0.15, -0.1) is 0 Å². The van der Waals surface area contributed by atoms with Gasteiger partial charge in [-0.2, -0.15) is 0 Å². The zero-order valence-electron chi connectivity index (χ0n) is 15.8. The lowest BCUT2D eigenvalue weighted by atomic mass is 10.1. The van der Waals surface area contributed by atoms with Crippen LogP contribution in [0.25, 0.3) is 0 Å². The molecule has 28 heavy (non-hydrogen) atoms. The summed E-state index contributed by atoms with van der Waals surface area (Å²) in [6, 6.07) is 11.4. The Labute approximate surface area is 162 Å². The van der Waals surface area contributed by atoms with Crippen LogP contribution >= 0.6 is 0 Å². The van der Waals surface area contributed by atoms with Crippen molar-refractivity contribution in [2.75, 3.05) is 22.1 Å². The topological polar surface area (TPSA) is 78.5 Å². The molecular formula is C21H22FN3O3. The molecule has 2 aromatic rings. The minimum Gasteiger partial charge on any atom is -0.326 e. The number of amides is 3. The standard InChI is InChI=1S/C21H22FN3O3/c1-3-19(26)23-15-5-7-16(8-6-15)24-21(28)14-11-20(27)25(12-14)18-9-4-13(2)10-17(18)22/h4-10,14H,3,11-12H2,1-2H3,(H,23,26)(H,24,28). The van der Waals surface area contributed by atoms with Crippen LogP contribution in [-0.4, -0.2) is 24.3 Å². The molecule has 0 saturated carbocycles. The van der Waals surface area contributed by atoms with Crippen molar-refractivity contribution in [3.05, 3.63) is 53.8 Å². The minimum absolute atomic E-state index is 0.0315. The van der Waals surface area contributed by atoms with Gasteiger partial charge in [0.25, 0.3) is 0 Å². The van der Waals surface area contributed by atoms with Gasteiger partial charge in [0.1, 0.15) is 5.82 Å². The molecule has 2 aromatic carbocycles. The van der Waals surface area contributed by atoms with E-state index in [2.05, 4.69) is 10.6 Å². The Morgan fingerprint density at radius 2 is 1.75 bits per heavy atom. The van der Waals surface area contributed by atoms with E-state index >= 15 is 0 Å². The van der Waals surface area contributed by atoms with Crippen LogP contribution in [0.5, 0.6) is 0 Å². The van der Waals surface area contributed by atoms with Gasteiger partial charge >= 0.3 is 0 Å². The molecule has 1 aliphatic heterocycles. The van der Waals surface area contributed by atoms with Crippen LogP contribution in [0.15, 0.2) is 42.5 Å². The maximum atomic E-state index is 14.2. The van der Waals surface area contributed by atoms with Crippen LogP contribution in [0.2, 0.25) is 0 Å². The number of benzene rings is 2. The smallest absolute Gasteiger partial charge is 0.229 e. The van der Waals surface area contributed by atoms with Gasteiger partial charge in [-0.25, -0.2) is 4.39 Å². The summed E-state index contributed by atoms with van der Waals surface area (Å²) in [5.41, 5.74) is 2.16. The largest absolute Gasteiger partial charge is 0.326 e. The van der Waals surface area contributed by atoms with Crippen LogP contribution in [0.1, 0.15) is 25.3 Å². The lowest BCUT2D eigenvalue weighted by Gasteiger charge is -2.18. The van der Waals surface area contributed by atoms with Crippen molar-refractivity contribution in [3.8, 4) is 0 Å². The molecule has 0 bridgehead atoms. The highest BCUT2D eigenvalue weighted by atomic mass is 19.1. The number of aryl methyl sites for hydroxylation is 1. The van der Waals surface area contributed by atoms with Gasteiger partial charge in [0, 0.05) is 30.8 Å². The summed E-state index contributed by atoms with van der Waals surface area (Å²) in [7, 11) is 0. The van der Waals surface area contributed by atoms with Crippen LogP contribution in [0, 0.1) is 18.7 Å². The lowest BCUT2D eigenvalue weighted by molar-refractivity contribution is -0.122. The third-order valence-corrected chi connectivity index (χ3v) is 4.65. The molecule has 1 heterocycles. The third kappa shape index (κ3) is 4.36. The van der Waals surface area contributed by atoms with Crippen molar-refractivity contribution in [2.45, 2.75) is 26.7 Å². The van der Waals surface area contributed by atoms with Crippen molar-refractivity contribution in [1.82, 2.24) is 0 Å². The molecule has 1 unspecified atom stereocenters. The quantitative estimate of drug-likeness (QED) is 0.830. The summed E-state index contributed by atoms with van der Waals surface area (Å²) in [5.74, 6) is -1.70.